The Morgan fingerprint density at radius 2 is 2.36 bits per heavy atom. The Morgan fingerprint density at radius 1 is 1.57 bits per heavy atom. The van der Waals surface area contributed by atoms with Crippen LogP contribution in [0, 0.1) is 0 Å². The second kappa shape index (κ2) is 5.15. The van der Waals surface area contributed by atoms with E-state index < -0.39 is 0 Å². The van der Waals surface area contributed by atoms with Crippen molar-refractivity contribution in [2.75, 3.05) is 11.2 Å². The van der Waals surface area contributed by atoms with Crippen LogP contribution in [0.4, 0.5) is 5.82 Å². The summed E-state index contributed by atoms with van der Waals surface area (Å²) in [5.41, 5.74) is 0.0239. The van der Waals surface area contributed by atoms with Gasteiger partial charge in [0.1, 0.15) is 12.1 Å². The molecule has 0 amide bonds. The molecule has 14 heavy (non-hydrogen) atoms. The molecule has 3 nitrogen and oxygen atoms in total. The van der Waals surface area contributed by atoms with Gasteiger partial charge < -0.3 is 5.32 Å². The van der Waals surface area contributed by atoms with Gasteiger partial charge in [-0.3, -0.25) is 0 Å². The highest BCUT2D eigenvalue weighted by Gasteiger charge is 2.20. The van der Waals surface area contributed by atoms with Crippen molar-refractivity contribution in [2.24, 2.45) is 0 Å². The van der Waals surface area contributed by atoms with Crippen LogP contribution in [-0.2, 0) is 0 Å². The van der Waals surface area contributed by atoms with Gasteiger partial charge in [0.05, 0.1) is 0 Å². The number of anilines is 1. The van der Waals surface area contributed by atoms with E-state index in [1.165, 1.54) is 0 Å². The fraction of sp³-hybridized carbons (Fsp3) is 0.600. The lowest BCUT2D eigenvalue weighted by molar-refractivity contribution is 0.479. The summed E-state index contributed by atoms with van der Waals surface area (Å²) < 4.78 is 0. The molecule has 0 radical (unpaired) electrons. The summed E-state index contributed by atoms with van der Waals surface area (Å²) in [6.45, 7) is 4.29. The second-order valence-corrected chi connectivity index (χ2v) is 3.95. The molecule has 0 aromatic carbocycles. The minimum atomic E-state index is 0.0239. The first-order valence-corrected chi connectivity index (χ1v) is 5.34. The SMILES string of the molecule is CCC(C)(CCCl)Nc1ccncn1. The number of nitrogens with zero attached hydrogens (tertiary/aromatic N) is 2. The van der Waals surface area contributed by atoms with Crippen molar-refractivity contribution in [3.05, 3.63) is 18.6 Å². The number of alkyl halides is 1. The first-order valence-electron chi connectivity index (χ1n) is 4.80. The lowest BCUT2D eigenvalue weighted by Crippen LogP contribution is -2.34. The van der Waals surface area contributed by atoms with Crippen molar-refractivity contribution in [3.8, 4) is 0 Å². The number of nitrogens with one attached hydrogen (secondary N) is 1. The minimum Gasteiger partial charge on any atom is -0.365 e. The van der Waals surface area contributed by atoms with E-state index in [1.54, 1.807) is 12.5 Å². The monoisotopic (exact) mass is 213 g/mol. The molecule has 0 saturated heterocycles. The molecular weight excluding hydrogens is 198 g/mol. The highest BCUT2D eigenvalue weighted by Crippen LogP contribution is 2.20. The summed E-state index contributed by atoms with van der Waals surface area (Å²) in [6.07, 6.45) is 5.21. The Kier molecular flexibility index (Phi) is 4.14. The predicted molar refractivity (Wildman–Crippen MR) is 59.7 cm³/mol. The summed E-state index contributed by atoms with van der Waals surface area (Å²) >= 11 is 5.76. The van der Waals surface area contributed by atoms with Crippen molar-refractivity contribution in [1.29, 1.82) is 0 Å². The van der Waals surface area contributed by atoms with Crippen LogP contribution in [0.25, 0.3) is 0 Å². The van der Waals surface area contributed by atoms with Gasteiger partial charge in [-0.15, -0.1) is 11.6 Å². The fourth-order valence-electron chi connectivity index (χ4n) is 1.21. The van der Waals surface area contributed by atoms with Crippen LogP contribution in [0.5, 0.6) is 0 Å². The predicted octanol–water partition coefficient (Wildman–Crippen LogP) is 2.69. The van der Waals surface area contributed by atoms with Crippen LogP contribution in [-0.4, -0.2) is 21.4 Å². The van der Waals surface area contributed by atoms with Gasteiger partial charge in [0.25, 0.3) is 0 Å². The quantitative estimate of drug-likeness (QED) is 0.765. The van der Waals surface area contributed by atoms with Crippen LogP contribution in [0.1, 0.15) is 26.7 Å². The zero-order valence-electron chi connectivity index (χ0n) is 8.63. The van der Waals surface area contributed by atoms with Crippen molar-refractivity contribution >= 4 is 17.4 Å². The summed E-state index contributed by atoms with van der Waals surface area (Å²) in [5, 5.41) is 3.37. The van der Waals surface area contributed by atoms with E-state index in [0.29, 0.717) is 5.88 Å². The minimum absolute atomic E-state index is 0.0239. The van der Waals surface area contributed by atoms with Crippen molar-refractivity contribution in [1.82, 2.24) is 9.97 Å². The Morgan fingerprint density at radius 3 is 2.86 bits per heavy atom. The van der Waals surface area contributed by atoms with Crippen molar-refractivity contribution in [2.45, 2.75) is 32.2 Å². The van der Waals surface area contributed by atoms with Crippen LogP contribution < -0.4 is 5.32 Å². The van der Waals surface area contributed by atoms with E-state index in [1.807, 2.05) is 6.07 Å². The third kappa shape index (κ3) is 3.14. The molecule has 0 fully saturated rings. The summed E-state index contributed by atoms with van der Waals surface area (Å²) in [7, 11) is 0. The molecule has 78 valence electrons. The van der Waals surface area contributed by atoms with E-state index in [4.69, 9.17) is 11.6 Å². The maximum atomic E-state index is 5.76. The topological polar surface area (TPSA) is 37.8 Å². The molecule has 0 bridgehead atoms. The van der Waals surface area contributed by atoms with Gasteiger partial charge in [-0.2, -0.15) is 0 Å². The molecule has 0 saturated carbocycles. The highest BCUT2D eigenvalue weighted by atomic mass is 35.5. The number of hydrogen-bond donors (Lipinski definition) is 1. The number of aromatic nitrogens is 2. The Hall–Kier alpha value is -0.830. The molecule has 1 heterocycles. The number of halogens is 1. The van der Waals surface area contributed by atoms with E-state index in [2.05, 4.69) is 29.1 Å². The van der Waals surface area contributed by atoms with Gasteiger partial charge in [0, 0.05) is 17.6 Å². The van der Waals surface area contributed by atoms with Gasteiger partial charge in [-0.1, -0.05) is 6.92 Å². The largest absolute Gasteiger partial charge is 0.365 e. The third-order valence-corrected chi connectivity index (χ3v) is 2.63. The Bertz CT molecular complexity index is 265. The molecule has 1 rings (SSSR count). The summed E-state index contributed by atoms with van der Waals surface area (Å²) in [4.78, 5) is 8.00. The molecule has 0 aliphatic heterocycles. The summed E-state index contributed by atoms with van der Waals surface area (Å²) in [5.74, 6) is 1.51. The molecule has 1 N–H and O–H groups in total. The van der Waals surface area contributed by atoms with Crippen LogP contribution in [0.15, 0.2) is 18.6 Å². The van der Waals surface area contributed by atoms with Gasteiger partial charge in [-0.25, -0.2) is 9.97 Å². The van der Waals surface area contributed by atoms with Crippen LogP contribution in [0.2, 0.25) is 0 Å². The molecule has 0 aliphatic carbocycles. The molecule has 1 aromatic rings. The van der Waals surface area contributed by atoms with E-state index >= 15 is 0 Å². The smallest absolute Gasteiger partial charge is 0.129 e. The van der Waals surface area contributed by atoms with E-state index in [0.717, 1.165) is 18.7 Å². The number of hydrogen-bond acceptors (Lipinski definition) is 3. The molecule has 1 atom stereocenters. The lowest BCUT2D eigenvalue weighted by atomic mass is 9.95. The molecule has 0 aliphatic rings. The maximum absolute atomic E-state index is 5.76. The lowest BCUT2D eigenvalue weighted by Gasteiger charge is -2.29. The Labute approximate surface area is 89.9 Å². The average molecular weight is 214 g/mol. The molecule has 4 heteroatoms. The first-order chi connectivity index (χ1) is 6.70. The van der Waals surface area contributed by atoms with Gasteiger partial charge >= 0.3 is 0 Å². The zero-order valence-corrected chi connectivity index (χ0v) is 9.38. The number of rotatable bonds is 5. The average Bonchev–Trinajstić information content (AvgIpc) is 2.20. The second-order valence-electron chi connectivity index (χ2n) is 3.57. The standard InChI is InChI=1S/C10H16ClN3/c1-3-10(2,5-6-11)14-9-4-7-12-8-13-9/h4,7-8H,3,5-6H2,1-2H3,(H,12,13,14). The molecule has 1 aromatic heterocycles. The third-order valence-electron chi connectivity index (χ3n) is 2.44. The zero-order chi connectivity index (χ0) is 10.4. The first kappa shape index (κ1) is 11.2. The molecule has 1 unspecified atom stereocenters. The van der Waals surface area contributed by atoms with Gasteiger partial charge in [-0.05, 0) is 25.8 Å². The molecule has 0 spiro atoms. The fourth-order valence-corrected chi connectivity index (χ4v) is 1.63. The molecular formula is C10H16ClN3. The normalized spacial score (nSPS) is 14.8. The Balaban J connectivity index is 2.65. The van der Waals surface area contributed by atoms with E-state index in [9.17, 15) is 0 Å². The van der Waals surface area contributed by atoms with E-state index in [-0.39, 0.29) is 5.54 Å². The highest BCUT2D eigenvalue weighted by molar-refractivity contribution is 6.17. The van der Waals surface area contributed by atoms with Crippen LogP contribution >= 0.6 is 11.6 Å². The summed E-state index contributed by atoms with van der Waals surface area (Å²) in [6, 6.07) is 1.86. The van der Waals surface area contributed by atoms with Gasteiger partial charge in [0.15, 0.2) is 0 Å². The van der Waals surface area contributed by atoms with Gasteiger partial charge in [0.2, 0.25) is 0 Å². The van der Waals surface area contributed by atoms with Crippen LogP contribution in [0.3, 0.4) is 0 Å². The van der Waals surface area contributed by atoms with Crippen molar-refractivity contribution < 1.29 is 0 Å². The van der Waals surface area contributed by atoms with Crippen molar-refractivity contribution in [3.63, 3.8) is 0 Å². The maximum Gasteiger partial charge on any atom is 0.129 e.